The van der Waals surface area contributed by atoms with Crippen LogP contribution >= 0.6 is 0 Å². The zero-order valence-electron chi connectivity index (χ0n) is 18.7. The van der Waals surface area contributed by atoms with Crippen molar-refractivity contribution >= 4 is 28.8 Å². The first-order valence-electron chi connectivity index (χ1n) is 10.6. The first-order valence-corrected chi connectivity index (χ1v) is 10.6. The molecule has 4 rings (SSSR count). The fraction of sp³-hybridized carbons (Fsp3) is 0.185. The highest BCUT2D eigenvalue weighted by Crippen LogP contribution is 2.29. The lowest BCUT2D eigenvalue weighted by Crippen LogP contribution is -2.09. The van der Waals surface area contributed by atoms with Gasteiger partial charge < -0.3 is 14.5 Å². The Morgan fingerprint density at radius 3 is 2.56 bits per heavy atom. The number of aromatic nitrogens is 1. The number of carbonyl (C=O) groups excluding carboxylic acids is 1. The normalized spacial score (nSPS) is 11.4. The van der Waals surface area contributed by atoms with Crippen molar-refractivity contribution in [1.29, 1.82) is 0 Å². The van der Waals surface area contributed by atoms with E-state index in [1.54, 1.807) is 13.2 Å². The summed E-state index contributed by atoms with van der Waals surface area (Å²) in [5.41, 5.74) is 6.11. The van der Waals surface area contributed by atoms with Crippen LogP contribution in [0.4, 0.5) is 5.69 Å². The first kappa shape index (κ1) is 21.4. The van der Waals surface area contributed by atoms with E-state index in [0.717, 1.165) is 28.0 Å². The number of aryl methyl sites for hydroxylation is 1. The molecule has 0 radical (unpaired) electrons. The van der Waals surface area contributed by atoms with Gasteiger partial charge in [0.15, 0.2) is 5.58 Å². The monoisotopic (exact) mass is 426 g/mol. The summed E-state index contributed by atoms with van der Waals surface area (Å²) < 4.78 is 11.1. The van der Waals surface area contributed by atoms with Crippen LogP contribution in [-0.2, 0) is 4.79 Å². The lowest BCUT2D eigenvalue weighted by molar-refractivity contribution is -0.111. The van der Waals surface area contributed by atoms with Gasteiger partial charge in [0.2, 0.25) is 11.8 Å². The van der Waals surface area contributed by atoms with Crippen LogP contribution in [0.25, 0.3) is 28.6 Å². The quantitative estimate of drug-likeness (QED) is 0.353. The summed E-state index contributed by atoms with van der Waals surface area (Å²) >= 11 is 0. The van der Waals surface area contributed by atoms with Crippen LogP contribution in [0, 0.1) is 6.92 Å². The summed E-state index contributed by atoms with van der Waals surface area (Å²) in [7, 11) is 1.62. The third kappa shape index (κ3) is 4.72. The lowest BCUT2D eigenvalue weighted by Gasteiger charge is -2.08. The third-order valence-corrected chi connectivity index (χ3v) is 5.37. The topological polar surface area (TPSA) is 64.4 Å². The number of hydrogen-bond donors (Lipinski definition) is 1. The zero-order valence-corrected chi connectivity index (χ0v) is 18.7. The molecule has 0 bridgehead atoms. The van der Waals surface area contributed by atoms with Gasteiger partial charge in [-0.3, -0.25) is 4.79 Å². The highest BCUT2D eigenvalue weighted by molar-refractivity contribution is 6.02. The van der Waals surface area contributed by atoms with Crippen molar-refractivity contribution in [3.8, 4) is 17.2 Å². The molecule has 5 nitrogen and oxygen atoms in total. The maximum Gasteiger partial charge on any atom is 0.248 e. The molecule has 0 saturated heterocycles. The van der Waals surface area contributed by atoms with Crippen LogP contribution in [0.5, 0.6) is 5.75 Å². The zero-order chi connectivity index (χ0) is 22.7. The van der Waals surface area contributed by atoms with E-state index in [1.165, 1.54) is 5.56 Å². The second-order valence-electron chi connectivity index (χ2n) is 8.03. The van der Waals surface area contributed by atoms with E-state index >= 15 is 0 Å². The molecule has 0 atom stereocenters. The van der Waals surface area contributed by atoms with Gasteiger partial charge in [0.1, 0.15) is 11.3 Å². The van der Waals surface area contributed by atoms with Gasteiger partial charge in [0.25, 0.3) is 0 Å². The summed E-state index contributed by atoms with van der Waals surface area (Å²) in [6.45, 7) is 6.27. The summed E-state index contributed by atoms with van der Waals surface area (Å²) in [6.07, 6.45) is 3.36. The average Bonchev–Trinajstić information content (AvgIpc) is 3.22. The molecule has 1 heterocycles. The molecule has 0 unspecified atom stereocenters. The Morgan fingerprint density at radius 1 is 1.06 bits per heavy atom. The molecule has 32 heavy (non-hydrogen) atoms. The molecule has 5 heteroatoms. The second kappa shape index (κ2) is 9.10. The lowest BCUT2D eigenvalue weighted by atomic mass is 10.0. The Balaban J connectivity index is 1.52. The number of rotatable bonds is 6. The maximum absolute atomic E-state index is 12.5. The molecule has 3 aromatic carbocycles. The minimum absolute atomic E-state index is 0.194. The van der Waals surface area contributed by atoms with E-state index in [9.17, 15) is 4.79 Å². The Labute approximate surface area is 187 Å². The number of hydrogen-bond acceptors (Lipinski definition) is 4. The highest BCUT2D eigenvalue weighted by atomic mass is 16.5. The van der Waals surface area contributed by atoms with Gasteiger partial charge in [0.05, 0.1) is 7.11 Å². The number of benzene rings is 3. The van der Waals surface area contributed by atoms with Crippen LogP contribution in [0.1, 0.15) is 36.5 Å². The second-order valence-corrected chi connectivity index (χ2v) is 8.03. The van der Waals surface area contributed by atoms with E-state index in [2.05, 4.69) is 36.3 Å². The Hall–Kier alpha value is -3.86. The Kier molecular flexibility index (Phi) is 6.08. The number of nitrogens with zero attached hydrogens (tertiary/aromatic N) is 1. The van der Waals surface area contributed by atoms with Crippen LogP contribution in [0.3, 0.4) is 0 Å². The number of methoxy groups -OCH3 is 1. The molecule has 1 N–H and O–H groups in total. The number of fused-ring (bicyclic) bond motifs is 1. The van der Waals surface area contributed by atoms with Crippen molar-refractivity contribution in [3.63, 3.8) is 0 Å². The standard InChI is InChI=1S/C27H26N2O3/c1-17(2)20-10-6-19(7-11-20)8-14-26(30)28-23-15-21(9-5-18(23)3)27-29-24-16-22(31-4)12-13-25(24)32-27/h5-17H,1-4H3,(H,28,30). The molecule has 162 valence electrons. The molecule has 1 amide bonds. The van der Waals surface area contributed by atoms with Crippen LogP contribution in [0.15, 0.2) is 71.2 Å². The number of ether oxygens (including phenoxy) is 1. The molecule has 0 aliphatic rings. The number of nitrogens with one attached hydrogen (secondary N) is 1. The molecule has 0 spiro atoms. The van der Waals surface area contributed by atoms with E-state index < -0.39 is 0 Å². The predicted octanol–water partition coefficient (Wildman–Crippen LogP) is 6.59. The van der Waals surface area contributed by atoms with E-state index in [0.29, 0.717) is 23.1 Å². The molecule has 0 aliphatic carbocycles. The number of anilines is 1. The highest BCUT2D eigenvalue weighted by Gasteiger charge is 2.12. The van der Waals surface area contributed by atoms with Gasteiger partial charge >= 0.3 is 0 Å². The fourth-order valence-corrected chi connectivity index (χ4v) is 3.39. The van der Waals surface area contributed by atoms with Crippen LogP contribution < -0.4 is 10.1 Å². The van der Waals surface area contributed by atoms with Crippen molar-refractivity contribution < 1.29 is 13.9 Å². The van der Waals surface area contributed by atoms with Crippen molar-refractivity contribution in [1.82, 2.24) is 4.98 Å². The molecule has 0 saturated carbocycles. The first-order chi connectivity index (χ1) is 15.4. The molecule has 0 aliphatic heterocycles. The third-order valence-electron chi connectivity index (χ3n) is 5.37. The van der Waals surface area contributed by atoms with Crippen LogP contribution in [0.2, 0.25) is 0 Å². The number of oxazole rings is 1. The minimum Gasteiger partial charge on any atom is -0.497 e. The Morgan fingerprint density at radius 2 is 1.84 bits per heavy atom. The fourth-order valence-electron chi connectivity index (χ4n) is 3.39. The Bertz CT molecular complexity index is 1280. The smallest absolute Gasteiger partial charge is 0.248 e. The van der Waals surface area contributed by atoms with Gasteiger partial charge in [-0.2, -0.15) is 0 Å². The van der Waals surface area contributed by atoms with Crippen molar-refractivity contribution in [2.75, 3.05) is 12.4 Å². The summed E-state index contributed by atoms with van der Waals surface area (Å²) in [6, 6.07) is 19.5. The summed E-state index contributed by atoms with van der Waals surface area (Å²) in [5, 5.41) is 2.96. The van der Waals surface area contributed by atoms with Gasteiger partial charge in [-0.25, -0.2) is 4.98 Å². The SMILES string of the molecule is COc1ccc2oc(-c3ccc(C)c(NC(=O)C=Cc4ccc(C(C)C)cc4)c3)nc2c1. The molecular formula is C27H26N2O3. The van der Waals surface area contributed by atoms with Gasteiger partial charge in [-0.15, -0.1) is 0 Å². The number of carbonyl (C=O) groups is 1. The molecule has 1 aromatic heterocycles. The predicted molar refractivity (Wildman–Crippen MR) is 129 cm³/mol. The molecule has 0 fully saturated rings. The van der Waals surface area contributed by atoms with Crippen molar-refractivity contribution in [2.45, 2.75) is 26.7 Å². The van der Waals surface area contributed by atoms with E-state index in [4.69, 9.17) is 9.15 Å². The van der Waals surface area contributed by atoms with E-state index in [1.807, 2.05) is 61.5 Å². The molecule has 4 aromatic rings. The summed E-state index contributed by atoms with van der Waals surface area (Å²) in [4.78, 5) is 17.1. The van der Waals surface area contributed by atoms with E-state index in [-0.39, 0.29) is 5.91 Å². The number of amides is 1. The van der Waals surface area contributed by atoms with Gasteiger partial charge in [-0.05, 0) is 59.9 Å². The van der Waals surface area contributed by atoms with Gasteiger partial charge in [-0.1, -0.05) is 44.2 Å². The van der Waals surface area contributed by atoms with Crippen LogP contribution in [-0.4, -0.2) is 18.0 Å². The van der Waals surface area contributed by atoms with Crippen molar-refractivity contribution in [2.24, 2.45) is 0 Å². The minimum atomic E-state index is -0.194. The van der Waals surface area contributed by atoms with Gasteiger partial charge in [0, 0.05) is 23.4 Å². The largest absolute Gasteiger partial charge is 0.497 e. The van der Waals surface area contributed by atoms with Crippen molar-refractivity contribution in [3.05, 3.63) is 83.4 Å². The summed E-state index contributed by atoms with van der Waals surface area (Å²) in [5.74, 6) is 1.50. The maximum atomic E-state index is 12.5. The average molecular weight is 427 g/mol. The molecular weight excluding hydrogens is 400 g/mol.